The summed E-state index contributed by atoms with van der Waals surface area (Å²) in [7, 11) is 3.76. The van der Waals surface area contributed by atoms with Crippen LogP contribution in [0.2, 0.25) is 0 Å². The summed E-state index contributed by atoms with van der Waals surface area (Å²) in [5.41, 5.74) is 5.51. The van der Waals surface area contributed by atoms with Gasteiger partial charge in [0.25, 0.3) is 11.8 Å². The molecule has 7 nitrogen and oxygen atoms in total. The predicted octanol–water partition coefficient (Wildman–Crippen LogP) is -0.702. The van der Waals surface area contributed by atoms with Crippen LogP contribution in [0.1, 0.15) is 10.4 Å². The number of nitrogens with two attached hydrogens (primary N) is 1. The number of carbonyl (C=O) groups is 2. The second-order valence-electron chi connectivity index (χ2n) is 5.59. The zero-order valence-electron chi connectivity index (χ0n) is 12.7. The highest BCUT2D eigenvalue weighted by Gasteiger charge is 2.35. The van der Waals surface area contributed by atoms with Crippen molar-refractivity contribution in [2.45, 2.75) is 12.1 Å². The summed E-state index contributed by atoms with van der Waals surface area (Å²) >= 11 is 0. The van der Waals surface area contributed by atoms with Gasteiger partial charge < -0.3 is 25.4 Å². The van der Waals surface area contributed by atoms with Gasteiger partial charge in [0.05, 0.1) is 12.1 Å². The Labute approximate surface area is 129 Å². The van der Waals surface area contributed by atoms with Gasteiger partial charge >= 0.3 is 0 Å². The Balaban J connectivity index is 2.00. The third kappa shape index (κ3) is 3.75. The van der Waals surface area contributed by atoms with E-state index in [-0.39, 0.29) is 18.6 Å². The average molecular weight is 307 g/mol. The molecule has 1 heterocycles. The van der Waals surface area contributed by atoms with Crippen LogP contribution in [-0.4, -0.2) is 72.7 Å². The van der Waals surface area contributed by atoms with E-state index in [1.807, 2.05) is 19.0 Å². The minimum absolute atomic E-state index is 0.0536. The molecule has 0 spiro atoms. The predicted molar refractivity (Wildman–Crippen MR) is 80.5 cm³/mol. The Hall–Kier alpha value is -2.12. The largest absolute Gasteiger partial charge is 0.484 e. The lowest BCUT2D eigenvalue weighted by atomic mass is 10.2. The fourth-order valence-electron chi connectivity index (χ4n) is 2.47. The minimum Gasteiger partial charge on any atom is -0.484 e. The van der Waals surface area contributed by atoms with Crippen molar-refractivity contribution in [2.75, 3.05) is 33.8 Å². The molecular weight excluding hydrogens is 286 g/mol. The number of carbonyl (C=O) groups excluding carboxylic acids is 2. The summed E-state index contributed by atoms with van der Waals surface area (Å²) in [4.78, 5) is 26.6. The van der Waals surface area contributed by atoms with Gasteiger partial charge in [0.2, 0.25) is 0 Å². The number of hydrogen-bond donors (Lipinski definition) is 2. The third-order valence-corrected chi connectivity index (χ3v) is 3.69. The van der Waals surface area contributed by atoms with Crippen molar-refractivity contribution in [2.24, 2.45) is 5.73 Å². The lowest BCUT2D eigenvalue weighted by Crippen LogP contribution is -2.38. The fraction of sp³-hybridized carbons (Fsp3) is 0.467. The Bertz CT molecular complexity index is 544. The Morgan fingerprint density at radius 1 is 1.32 bits per heavy atom. The second kappa shape index (κ2) is 6.76. The molecule has 1 fully saturated rings. The molecule has 0 bridgehead atoms. The number of rotatable bonds is 5. The molecule has 120 valence electrons. The summed E-state index contributed by atoms with van der Waals surface area (Å²) in [6.07, 6.45) is -0.544. The number of likely N-dealkylation sites (N-methyl/N-ethyl adjacent to an activating group) is 1. The standard InChI is InChI=1S/C15H21N3O4/c1-17(2)12-7-18(8-13(12)19)15(21)10-3-5-11(6-4-10)22-9-14(16)20/h3-6,12-13,19H,7-9H2,1-2H3,(H2,16,20)/t12-,13-/m0/s1. The van der Waals surface area contributed by atoms with E-state index < -0.39 is 12.0 Å². The Morgan fingerprint density at radius 3 is 2.45 bits per heavy atom. The van der Waals surface area contributed by atoms with Crippen LogP contribution in [0.15, 0.2) is 24.3 Å². The monoisotopic (exact) mass is 307 g/mol. The lowest BCUT2D eigenvalue weighted by molar-refractivity contribution is -0.119. The van der Waals surface area contributed by atoms with Gasteiger partial charge in [0, 0.05) is 18.7 Å². The van der Waals surface area contributed by atoms with E-state index in [2.05, 4.69) is 0 Å². The van der Waals surface area contributed by atoms with Gasteiger partial charge in [-0.25, -0.2) is 0 Å². The van der Waals surface area contributed by atoms with E-state index in [0.717, 1.165) is 0 Å². The summed E-state index contributed by atoms with van der Waals surface area (Å²) in [6.45, 7) is 0.616. The zero-order chi connectivity index (χ0) is 16.3. The quantitative estimate of drug-likeness (QED) is 0.750. The molecule has 2 rings (SSSR count). The molecule has 3 N–H and O–H groups in total. The lowest BCUT2D eigenvalue weighted by Gasteiger charge is -2.21. The third-order valence-electron chi connectivity index (χ3n) is 3.69. The molecular formula is C15H21N3O4. The second-order valence-corrected chi connectivity index (χ2v) is 5.59. The van der Waals surface area contributed by atoms with Crippen molar-refractivity contribution in [1.82, 2.24) is 9.80 Å². The maximum Gasteiger partial charge on any atom is 0.255 e. The topological polar surface area (TPSA) is 96.1 Å². The van der Waals surface area contributed by atoms with Gasteiger partial charge in [0.15, 0.2) is 6.61 Å². The Morgan fingerprint density at radius 2 is 1.95 bits per heavy atom. The first-order valence-electron chi connectivity index (χ1n) is 7.03. The van der Waals surface area contributed by atoms with Crippen LogP contribution in [0.4, 0.5) is 0 Å². The molecule has 22 heavy (non-hydrogen) atoms. The average Bonchev–Trinajstić information content (AvgIpc) is 2.87. The van der Waals surface area contributed by atoms with E-state index in [1.54, 1.807) is 29.2 Å². The smallest absolute Gasteiger partial charge is 0.255 e. The number of benzene rings is 1. The normalized spacial score (nSPS) is 21.2. The summed E-state index contributed by atoms with van der Waals surface area (Å²) in [5.74, 6) is -0.214. The molecule has 0 unspecified atom stereocenters. The maximum absolute atomic E-state index is 12.4. The number of hydrogen-bond acceptors (Lipinski definition) is 5. The minimum atomic E-state index is -0.555. The number of aliphatic hydroxyl groups excluding tert-OH is 1. The van der Waals surface area contributed by atoms with E-state index >= 15 is 0 Å². The molecule has 1 aromatic carbocycles. The van der Waals surface area contributed by atoms with Gasteiger partial charge in [-0.2, -0.15) is 0 Å². The summed E-state index contributed by atoms with van der Waals surface area (Å²) < 4.78 is 5.15. The molecule has 7 heteroatoms. The van der Waals surface area contributed by atoms with Crippen molar-refractivity contribution in [1.29, 1.82) is 0 Å². The van der Waals surface area contributed by atoms with Crippen LogP contribution < -0.4 is 10.5 Å². The van der Waals surface area contributed by atoms with Crippen molar-refractivity contribution in [3.05, 3.63) is 29.8 Å². The number of β-amino-alcohol motifs (C(OH)–C–C–N with tert-alkyl or cyclic N) is 1. The van der Waals surface area contributed by atoms with Gasteiger partial charge in [0.1, 0.15) is 5.75 Å². The zero-order valence-corrected chi connectivity index (χ0v) is 12.7. The van der Waals surface area contributed by atoms with Gasteiger partial charge in [-0.15, -0.1) is 0 Å². The molecule has 2 amide bonds. The van der Waals surface area contributed by atoms with E-state index in [4.69, 9.17) is 10.5 Å². The van der Waals surface area contributed by atoms with Crippen LogP contribution in [0.25, 0.3) is 0 Å². The fourth-order valence-corrected chi connectivity index (χ4v) is 2.47. The molecule has 0 radical (unpaired) electrons. The summed E-state index contributed by atoms with van der Waals surface area (Å²) in [6, 6.07) is 6.45. The van der Waals surface area contributed by atoms with Crippen molar-refractivity contribution >= 4 is 11.8 Å². The van der Waals surface area contributed by atoms with Crippen LogP contribution in [0.5, 0.6) is 5.75 Å². The van der Waals surface area contributed by atoms with Gasteiger partial charge in [-0.3, -0.25) is 9.59 Å². The number of nitrogens with zero attached hydrogens (tertiary/aromatic N) is 2. The summed E-state index contributed by atoms with van der Waals surface area (Å²) in [5, 5.41) is 9.99. The number of likely N-dealkylation sites (tertiary alicyclic amines) is 1. The van der Waals surface area contributed by atoms with Crippen LogP contribution >= 0.6 is 0 Å². The molecule has 0 aromatic heterocycles. The van der Waals surface area contributed by atoms with Crippen molar-refractivity contribution < 1.29 is 19.4 Å². The number of ether oxygens (including phenoxy) is 1. The molecule has 0 aliphatic carbocycles. The Kier molecular flexibility index (Phi) is 4.99. The van der Waals surface area contributed by atoms with E-state index in [1.165, 1.54) is 0 Å². The van der Waals surface area contributed by atoms with Gasteiger partial charge in [-0.1, -0.05) is 0 Å². The van der Waals surface area contributed by atoms with Crippen LogP contribution in [-0.2, 0) is 4.79 Å². The first-order valence-corrected chi connectivity index (χ1v) is 7.03. The maximum atomic E-state index is 12.4. The van der Waals surface area contributed by atoms with Crippen LogP contribution in [0, 0.1) is 0 Å². The molecule has 1 aliphatic rings. The first-order chi connectivity index (χ1) is 10.4. The molecule has 2 atom stereocenters. The molecule has 1 aromatic rings. The van der Waals surface area contributed by atoms with E-state index in [0.29, 0.717) is 24.4 Å². The highest BCUT2D eigenvalue weighted by Crippen LogP contribution is 2.19. The van der Waals surface area contributed by atoms with Crippen molar-refractivity contribution in [3.63, 3.8) is 0 Å². The molecule has 1 aliphatic heterocycles. The number of amides is 2. The van der Waals surface area contributed by atoms with E-state index in [9.17, 15) is 14.7 Å². The highest BCUT2D eigenvalue weighted by molar-refractivity contribution is 5.94. The van der Waals surface area contributed by atoms with Crippen molar-refractivity contribution in [3.8, 4) is 5.75 Å². The number of aliphatic hydroxyl groups is 1. The van der Waals surface area contributed by atoms with Crippen LogP contribution in [0.3, 0.4) is 0 Å². The molecule has 1 saturated heterocycles. The highest BCUT2D eigenvalue weighted by atomic mass is 16.5. The SMILES string of the molecule is CN(C)[C@H]1CN(C(=O)c2ccc(OCC(N)=O)cc2)C[C@@H]1O. The first kappa shape index (κ1) is 16.3. The number of primary amides is 1. The van der Waals surface area contributed by atoms with Gasteiger partial charge in [-0.05, 0) is 38.4 Å². The molecule has 0 saturated carbocycles.